The van der Waals surface area contributed by atoms with Gasteiger partial charge in [-0.2, -0.15) is 0 Å². The number of hydrogen-bond acceptors (Lipinski definition) is 6. The molecule has 1 heterocycles. The van der Waals surface area contributed by atoms with Crippen LogP contribution in [0.4, 0.5) is 4.39 Å². The first-order valence-electron chi connectivity index (χ1n) is 13.0. The van der Waals surface area contributed by atoms with Crippen LogP contribution in [0.3, 0.4) is 0 Å². The summed E-state index contributed by atoms with van der Waals surface area (Å²) in [5, 5.41) is 11.4. The molecule has 3 aromatic carbocycles. The predicted octanol–water partition coefficient (Wildman–Crippen LogP) is 4.66. The zero-order chi connectivity index (χ0) is 28.9. The van der Waals surface area contributed by atoms with E-state index in [2.05, 4.69) is 15.6 Å². The minimum atomic E-state index is -1.08. The fourth-order valence-corrected chi connectivity index (χ4v) is 4.35. The topological polar surface area (TPSA) is 98.6 Å². The van der Waals surface area contributed by atoms with Crippen LogP contribution >= 0.6 is 0 Å². The molecule has 0 spiro atoms. The number of nitrogens with zero attached hydrogens (tertiary/aromatic N) is 4. The maximum absolute atomic E-state index is 14.1. The van der Waals surface area contributed by atoms with Crippen molar-refractivity contribution in [2.45, 2.75) is 51.9 Å². The molecule has 0 aliphatic rings. The molecule has 0 unspecified atom stereocenters. The van der Waals surface area contributed by atoms with Gasteiger partial charge in [-0.25, -0.2) is 9.07 Å². The van der Waals surface area contributed by atoms with Crippen molar-refractivity contribution in [1.82, 2.24) is 25.2 Å². The number of halogens is 1. The van der Waals surface area contributed by atoms with Crippen LogP contribution in [-0.2, 0) is 22.7 Å². The van der Waals surface area contributed by atoms with Crippen molar-refractivity contribution < 1.29 is 23.5 Å². The highest BCUT2D eigenvalue weighted by atomic mass is 19.1. The van der Waals surface area contributed by atoms with Crippen LogP contribution in [0.25, 0.3) is 11.0 Å². The summed E-state index contributed by atoms with van der Waals surface area (Å²) in [7, 11) is 3.03. The highest BCUT2D eigenvalue weighted by Crippen LogP contribution is 2.35. The molecule has 1 N–H and O–H groups in total. The molecule has 0 fully saturated rings. The Morgan fingerprint density at radius 3 is 2.45 bits per heavy atom. The van der Waals surface area contributed by atoms with E-state index in [0.717, 1.165) is 0 Å². The molecule has 1 aromatic heterocycles. The second-order valence-electron chi connectivity index (χ2n) is 10.1. The molecule has 0 aliphatic carbocycles. The Morgan fingerprint density at radius 1 is 1.05 bits per heavy atom. The van der Waals surface area contributed by atoms with Gasteiger partial charge in [0.15, 0.2) is 0 Å². The smallest absolute Gasteiger partial charge is 0.248 e. The lowest BCUT2D eigenvalue weighted by atomic mass is 9.97. The van der Waals surface area contributed by atoms with Crippen LogP contribution < -0.4 is 14.8 Å². The monoisotopic (exact) mass is 547 g/mol. The minimum absolute atomic E-state index is 0.0333. The van der Waals surface area contributed by atoms with E-state index in [1.807, 2.05) is 45.0 Å². The van der Waals surface area contributed by atoms with Gasteiger partial charge >= 0.3 is 0 Å². The zero-order valence-corrected chi connectivity index (χ0v) is 23.3. The van der Waals surface area contributed by atoms with E-state index >= 15 is 0 Å². The van der Waals surface area contributed by atoms with Gasteiger partial charge in [-0.1, -0.05) is 36.4 Å². The van der Waals surface area contributed by atoms with E-state index in [0.29, 0.717) is 40.1 Å². The molecule has 9 nitrogen and oxygen atoms in total. The van der Waals surface area contributed by atoms with Crippen LogP contribution in [0.5, 0.6) is 11.5 Å². The molecule has 0 saturated heterocycles. The maximum Gasteiger partial charge on any atom is 0.248 e. The average molecular weight is 548 g/mol. The van der Waals surface area contributed by atoms with Crippen LogP contribution in [0, 0.1) is 5.82 Å². The number of amides is 2. The standard InChI is InChI=1S/C30H34FN5O4/c1-6-30(2,3)32-29(38)28(23-16-15-22(39-4)17-26(23)40-5)35(18-20-11-13-21(31)14-12-20)27(37)19-36-25-10-8-7-9-24(25)33-34-36/h7-17,28H,6,18-19H2,1-5H3,(H,32,38)/t28-/m0/s1. The predicted molar refractivity (Wildman–Crippen MR) is 149 cm³/mol. The number of hydrogen-bond donors (Lipinski definition) is 1. The minimum Gasteiger partial charge on any atom is -0.497 e. The lowest BCUT2D eigenvalue weighted by Crippen LogP contribution is -2.50. The van der Waals surface area contributed by atoms with Crippen LogP contribution in [0.1, 0.15) is 44.4 Å². The Bertz CT molecular complexity index is 1490. The Hall–Kier alpha value is -4.47. The number of para-hydroxylation sites is 1. The molecular formula is C30H34FN5O4. The van der Waals surface area contributed by atoms with Gasteiger partial charge in [0.1, 0.15) is 35.4 Å². The third kappa shape index (κ3) is 6.39. The molecule has 0 radical (unpaired) electrons. The molecule has 4 rings (SSSR count). The fourth-order valence-electron chi connectivity index (χ4n) is 4.35. The first-order valence-corrected chi connectivity index (χ1v) is 13.0. The van der Waals surface area contributed by atoms with E-state index in [1.54, 1.807) is 30.3 Å². The summed E-state index contributed by atoms with van der Waals surface area (Å²) >= 11 is 0. The zero-order valence-electron chi connectivity index (χ0n) is 23.3. The Morgan fingerprint density at radius 2 is 1.77 bits per heavy atom. The van der Waals surface area contributed by atoms with Crippen molar-refractivity contribution in [3.8, 4) is 11.5 Å². The first kappa shape index (κ1) is 28.5. The Labute approximate surface area is 232 Å². The quantitative estimate of drug-likeness (QED) is 0.293. The van der Waals surface area contributed by atoms with E-state index in [1.165, 1.54) is 35.9 Å². The molecule has 4 aromatic rings. The van der Waals surface area contributed by atoms with Gasteiger partial charge in [-0.3, -0.25) is 9.59 Å². The first-order chi connectivity index (χ1) is 19.2. The van der Waals surface area contributed by atoms with Gasteiger partial charge in [0.2, 0.25) is 11.8 Å². The molecule has 2 amide bonds. The van der Waals surface area contributed by atoms with E-state index in [4.69, 9.17) is 9.47 Å². The summed E-state index contributed by atoms with van der Waals surface area (Å²) in [4.78, 5) is 29.6. The highest BCUT2D eigenvalue weighted by molar-refractivity contribution is 5.90. The average Bonchev–Trinajstić information content (AvgIpc) is 3.36. The number of carbonyl (C=O) groups excluding carboxylic acids is 2. The lowest BCUT2D eigenvalue weighted by Gasteiger charge is -2.35. The third-order valence-electron chi connectivity index (χ3n) is 6.93. The normalized spacial score (nSPS) is 12.2. The van der Waals surface area contributed by atoms with Gasteiger partial charge in [0.05, 0.1) is 19.7 Å². The molecule has 1 atom stereocenters. The fraction of sp³-hybridized carbons (Fsp3) is 0.333. The number of benzene rings is 3. The number of carbonyl (C=O) groups is 2. The van der Waals surface area contributed by atoms with E-state index in [9.17, 15) is 14.0 Å². The summed E-state index contributed by atoms with van der Waals surface area (Å²) in [6, 6.07) is 17.2. The number of rotatable bonds is 11. The van der Waals surface area contributed by atoms with E-state index in [-0.39, 0.29) is 24.9 Å². The largest absolute Gasteiger partial charge is 0.497 e. The molecule has 0 bridgehead atoms. The van der Waals surface area contributed by atoms with Crippen molar-refractivity contribution in [2.75, 3.05) is 14.2 Å². The van der Waals surface area contributed by atoms with Crippen molar-refractivity contribution in [1.29, 1.82) is 0 Å². The highest BCUT2D eigenvalue weighted by Gasteiger charge is 2.36. The van der Waals surface area contributed by atoms with Crippen molar-refractivity contribution >= 4 is 22.8 Å². The number of nitrogens with one attached hydrogen (secondary N) is 1. The van der Waals surface area contributed by atoms with Gasteiger partial charge in [0, 0.05) is 23.7 Å². The van der Waals surface area contributed by atoms with Gasteiger partial charge < -0.3 is 19.7 Å². The van der Waals surface area contributed by atoms with Gasteiger partial charge in [0.25, 0.3) is 0 Å². The van der Waals surface area contributed by atoms with Crippen LogP contribution in [0.2, 0.25) is 0 Å². The molecule has 210 valence electrons. The van der Waals surface area contributed by atoms with Crippen molar-refractivity contribution in [3.63, 3.8) is 0 Å². The van der Waals surface area contributed by atoms with E-state index < -0.39 is 17.4 Å². The molecular weight excluding hydrogens is 513 g/mol. The van der Waals surface area contributed by atoms with Gasteiger partial charge in [-0.05, 0) is 62.2 Å². The lowest BCUT2D eigenvalue weighted by molar-refractivity contribution is -0.143. The Kier molecular flexibility index (Phi) is 8.67. The molecule has 10 heteroatoms. The number of fused-ring (bicyclic) bond motifs is 1. The second kappa shape index (κ2) is 12.1. The summed E-state index contributed by atoms with van der Waals surface area (Å²) in [6.07, 6.45) is 0.669. The summed E-state index contributed by atoms with van der Waals surface area (Å²) in [6.45, 7) is 5.68. The number of ether oxygens (including phenoxy) is 2. The number of aromatic nitrogens is 3. The van der Waals surface area contributed by atoms with Crippen LogP contribution in [0.15, 0.2) is 66.7 Å². The molecule has 40 heavy (non-hydrogen) atoms. The van der Waals surface area contributed by atoms with Crippen molar-refractivity contribution in [2.24, 2.45) is 0 Å². The SMILES string of the molecule is CCC(C)(C)NC(=O)[C@H](c1ccc(OC)cc1OC)N(Cc1ccc(F)cc1)C(=O)Cn1nnc2ccccc21. The second-order valence-corrected chi connectivity index (χ2v) is 10.1. The molecule has 0 aliphatic heterocycles. The number of methoxy groups -OCH3 is 2. The van der Waals surface area contributed by atoms with Gasteiger partial charge in [-0.15, -0.1) is 5.10 Å². The Balaban J connectivity index is 1.83. The third-order valence-corrected chi connectivity index (χ3v) is 6.93. The van der Waals surface area contributed by atoms with Crippen molar-refractivity contribution in [3.05, 3.63) is 83.7 Å². The van der Waals surface area contributed by atoms with Crippen LogP contribution in [-0.4, -0.2) is 51.5 Å². The molecule has 0 saturated carbocycles. The summed E-state index contributed by atoms with van der Waals surface area (Å²) in [5.41, 5.74) is 1.93. The maximum atomic E-state index is 14.1. The summed E-state index contributed by atoms with van der Waals surface area (Å²) in [5.74, 6) is -0.232. The summed E-state index contributed by atoms with van der Waals surface area (Å²) < 4.78 is 26.3.